The van der Waals surface area contributed by atoms with Crippen molar-refractivity contribution in [3.05, 3.63) is 33.9 Å². The molecule has 0 aliphatic heterocycles. The van der Waals surface area contributed by atoms with Crippen LogP contribution in [0.1, 0.15) is 16.1 Å². The summed E-state index contributed by atoms with van der Waals surface area (Å²) < 4.78 is 37.7. The van der Waals surface area contributed by atoms with E-state index in [0.717, 1.165) is 17.8 Å². The molecule has 2 rings (SSSR count). The highest BCUT2D eigenvalue weighted by molar-refractivity contribution is 5.93. The number of halogens is 3. The Labute approximate surface area is 110 Å². The molecule has 2 aromatic heterocycles. The first kappa shape index (κ1) is 14.1. The van der Waals surface area contributed by atoms with Gasteiger partial charge in [0.15, 0.2) is 5.65 Å². The number of carbonyl (C=O) groups excluding carboxylic acids is 1. The van der Waals surface area contributed by atoms with Gasteiger partial charge in [-0.15, -0.1) is 0 Å². The SMILES string of the molecule is Cc1cc2ncc(C(=O)N(C)CC(F)(F)F)c(=O)n2[nH]1. The van der Waals surface area contributed by atoms with E-state index in [1.54, 1.807) is 13.0 Å². The number of aromatic nitrogens is 3. The van der Waals surface area contributed by atoms with E-state index in [9.17, 15) is 22.8 Å². The van der Waals surface area contributed by atoms with Crippen LogP contribution in [0.2, 0.25) is 0 Å². The van der Waals surface area contributed by atoms with E-state index in [2.05, 4.69) is 10.1 Å². The number of H-pyrrole nitrogens is 1. The van der Waals surface area contributed by atoms with Crippen LogP contribution in [0.5, 0.6) is 0 Å². The van der Waals surface area contributed by atoms with E-state index in [4.69, 9.17) is 0 Å². The second kappa shape index (κ2) is 4.66. The van der Waals surface area contributed by atoms with E-state index in [1.165, 1.54) is 0 Å². The molecular formula is C11H11F3N4O2. The second-order valence-corrected chi connectivity index (χ2v) is 4.39. The van der Waals surface area contributed by atoms with Gasteiger partial charge in [-0.2, -0.15) is 13.2 Å². The Bertz CT molecular complexity index is 717. The first-order valence-electron chi connectivity index (χ1n) is 5.58. The topological polar surface area (TPSA) is 70.5 Å². The van der Waals surface area contributed by atoms with Crippen LogP contribution in [0.4, 0.5) is 13.2 Å². The molecule has 0 bridgehead atoms. The van der Waals surface area contributed by atoms with Crippen molar-refractivity contribution in [3.8, 4) is 0 Å². The molecule has 0 aliphatic rings. The zero-order chi connectivity index (χ0) is 15.1. The molecule has 9 heteroatoms. The van der Waals surface area contributed by atoms with Gasteiger partial charge in [-0.25, -0.2) is 9.50 Å². The number of aryl methyl sites for hydroxylation is 1. The van der Waals surface area contributed by atoms with E-state index in [0.29, 0.717) is 16.2 Å². The minimum Gasteiger partial charge on any atom is -0.332 e. The summed E-state index contributed by atoms with van der Waals surface area (Å²) in [6.45, 7) is 0.253. The highest BCUT2D eigenvalue weighted by Crippen LogP contribution is 2.16. The largest absolute Gasteiger partial charge is 0.406 e. The first-order chi connectivity index (χ1) is 9.19. The Balaban J connectivity index is 2.40. The van der Waals surface area contributed by atoms with Crippen molar-refractivity contribution < 1.29 is 18.0 Å². The predicted octanol–water partition coefficient (Wildman–Crippen LogP) is 0.965. The molecule has 0 aromatic carbocycles. The molecule has 0 aliphatic carbocycles. The number of hydrogen-bond acceptors (Lipinski definition) is 3. The molecule has 0 saturated carbocycles. The summed E-state index contributed by atoms with van der Waals surface area (Å²) in [7, 11) is 0.976. The lowest BCUT2D eigenvalue weighted by atomic mass is 10.3. The molecule has 0 atom stereocenters. The molecule has 1 N–H and O–H groups in total. The maximum Gasteiger partial charge on any atom is 0.406 e. The Morgan fingerprint density at radius 1 is 1.50 bits per heavy atom. The summed E-state index contributed by atoms with van der Waals surface area (Å²) in [5.74, 6) is -1.03. The van der Waals surface area contributed by atoms with Crippen LogP contribution in [0, 0.1) is 6.92 Å². The number of nitrogens with one attached hydrogen (secondary N) is 1. The molecule has 0 radical (unpaired) electrons. The lowest BCUT2D eigenvalue weighted by molar-refractivity contribution is -0.138. The molecular weight excluding hydrogens is 277 g/mol. The average molecular weight is 288 g/mol. The van der Waals surface area contributed by atoms with E-state index >= 15 is 0 Å². The van der Waals surface area contributed by atoms with Gasteiger partial charge in [-0.3, -0.25) is 14.7 Å². The number of carbonyl (C=O) groups is 1. The first-order valence-corrected chi connectivity index (χ1v) is 5.58. The third-order valence-electron chi connectivity index (χ3n) is 2.62. The number of aromatic amines is 1. The van der Waals surface area contributed by atoms with Crippen molar-refractivity contribution in [1.29, 1.82) is 0 Å². The van der Waals surface area contributed by atoms with Gasteiger partial charge < -0.3 is 4.90 Å². The van der Waals surface area contributed by atoms with E-state index in [1.807, 2.05) is 0 Å². The molecule has 1 amide bonds. The summed E-state index contributed by atoms with van der Waals surface area (Å²) in [4.78, 5) is 28.2. The van der Waals surface area contributed by atoms with Crippen LogP contribution in [-0.4, -0.2) is 45.2 Å². The number of rotatable bonds is 2. The fourth-order valence-corrected chi connectivity index (χ4v) is 1.77. The molecule has 0 saturated heterocycles. The summed E-state index contributed by atoms with van der Waals surface area (Å²) in [5, 5.41) is 2.66. The van der Waals surface area contributed by atoms with Gasteiger partial charge in [-0.1, -0.05) is 0 Å². The molecule has 0 spiro atoms. The summed E-state index contributed by atoms with van der Waals surface area (Å²) in [6, 6.07) is 1.58. The average Bonchev–Trinajstić information content (AvgIpc) is 2.68. The number of amides is 1. The van der Waals surface area contributed by atoms with Crippen LogP contribution in [-0.2, 0) is 0 Å². The fourth-order valence-electron chi connectivity index (χ4n) is 1.77. The van der Waals surface area contributed by atoms with Crippen LogP contribution in [0.25, 0.3) is 5.65 Å². The molecule has 6 nitrogen and oxygen atoms in total. The maximum absolute atomic E-state index is 12.2. The van der Waals surface area contributed by atoms with Crippen molar-refractivity contribution in [3.63, 3.8) is 0 Å². The lowest BCUT2D eigenvalue weighted by Crippen LogP contribution is -2.39. The van der Waals surface area contributed by atoms with Gasteiger partial charge in [0.25, 0.3) is 11.5 Å². The smallest absolute Gasteiger partial charge is 0.332 e. The summed E-state index contributed by atoms with van der Waals surface area (Å²) in [6.07, 6.45) is -3.54. The standard InChI is InChI=1S/C11H11F3N4O2/c1-6-3-8-15-4-7(10(20)18(8)16-6)9(19)17(2)5-11(12,13)14/h3-4,16H,5H2,1-2H3. The number of hydrogen-bond donors (Lipinski definition) is 1. The summed E-state index contributed by atoms with van der Waals surface area (Å²) >= 11 is 0. The van der Waals surface area contributed by atoms with E-state index in [-0.39, 0.29) is 0 Å². The van der Waals surface area contributed by atoms with Crippen molar-refractivity contribution in [2.24, 2.45) is 0 Å². The van der Waals surface area contributed by atoms with Crippen molar-refractivity contribution in [2.45, 2.75) is 13.1 Å². The monoisotopic (exact) mass is 288 g/mol. The third-order valence-corrected chi connectivity index (χ3v) is 2.62. The predicted molar refractivity (Wildman–Crippen MR) is 63.6 cm³/mol. The molecule has 0 fully saturated rings. The summed E-state index contributed by atoms with van der Waals surface area (Å²) in [5.41, 5.74) is -0.219. The van der Waals surface area contributed by atoms with Gasteiger partial charge in [0.2, 0.25) is 0 Å². The molecule has 108 valence electrons. The zero-order valence-electron chi connectivity index (χ0n) is 10.7. The van der Waals surface area contributed by atoms with Crippen LogP contribution >= 0.6 is 0 Å². The molecule has 20 heavy (non-hydrogen) atoms. The normalized spacial score (nSPS) is 11.8. The van der Waals surface area contributed by atoms with Crippen molar-refractivity contribution in [1.82, 2.24) is 19.5 Å². The second-order valence-electron chi connectivity index (χ2n) is 4.39. The fraction of sp³-hybridized carbons (Fsp3) is 0.364. The van der Waals surface area contributed by atoms with Gasteiger partial charge in [-0.05, 0) is 6.92 Å². The Kier molecular flexibility index (Phi) is 3.28. The molecule has 2 aromatic rings. The lowest BCUT2D eigenvalue weighted by Gasteiger charge is -2.18. The highest BCUT2D eigenvalue weighted by atomic mass is 19.4. The Morgan fingerprint density at radius 2 is 2.15 bits per heavy atom. The van der Waals surface area contributed by atoms with Gasteiger partial charge in [0.05, 0.1) is 0 Å². The molecule has 2 heterocycles. The number of alkyl halides is 3. The van der Waals surface area contributed by atoms with Crippen molar-refractivity contribution in [2.75, 3.05) is 13.6 Å². The minimum absolute atomic E-state index is 0.294. The maximum atomic E-state index is 12.2. The number of nitrogens with zero attached hydrogens (tertiary/aromatic N) is 3. The van der Waals surface area contributed by atoms with E-state index < -0.39 is 29.8 Å². The van der Waals surface area contributed by atoms with Crippen molar-refractivity contribution >= 4 is 11.6 Å². The van der Waals surface area contributed by atoms with Crippen LogP contribution in [0.15, 0.2) is 17.1 Å². The Morgan fingerprint density at radius 3 is 2.75 bits per heavy atom. The molecule has 0 unspecified atom stereocenters. The third kappa shape index (κ3) is 2.65. The number of fused-ring (bicyclic) bond motifs is 1. The Hall–Kier alpha value is -2.32. The quantitative estimate of drug-likeness (QED) is 0.895. The van der Waals surface area contributed by atoms with Gasteiger partial charge >= 0.3 is 6.18 Å². The van der Waals surface area contributed by atoms with Gasteiger partial charge in [0.1, 0.15) is 12.1 Å². The van der Waals surface area contributed by atoms with Gasteiger partial charge in [0, 0.05) is 25.0 Å². The van der Waals surface area contributed by atoms with Crippen LogP contribution < -0.4 is 5.56 Å². The minimum atomic E-state index is -4.53. The van der Waals surface area contributed by atoms with Crippen LogP contribution in [0.3, 0.4) is 0 Å². The zero-order valence-corrected chi connectivity index (χ0v) is 10.7. The highest BCUT2D eigenvalue weighted by Gasteiger charge is 2.32.